The summed E-state index contributed by atoms with van der Waals surface area (Å²) in [5.41, 5.74) is 0. The van der Waals surface area contributed by atoms with Crippen molar-refractivity contribution in [3.05, 3.63) is 0 Å². The number of aliphatic hydroxyl groups excluding tert-OH is 1. The summed E-state index contributed by atoms with van der Waals surface area (Å²) in [6.45, 7) is 2.90. The highest BCUT2D eigenvalue weighted by molar-refractivity contribution is 7.86. The lowest BCUT2D eigenvalue weighted by Gasteiger charge is -2.32. The maximum Gasteiger partial charge on any atom is 0.281 e. The summed E-state index contributed by atoms with van der Waals surface area (Å²) < 4.78 is 27.1. The molecule has 5 nitrogen and oxygen atoms in total. The van der Waals surface area contributed by atoms with Crippen LogP contribution < -0.4 is 0 Å². The van der Waals surface area contributed by atoms with E-state index in [1.54, 1.807) is 14.1 Å². The Bertz CT molecular complexity index is 345. The van der Waals surface area contributed by atoms with E-state index in [-0.39, 0.29) is 12.0 Å². The van der Waals surface area contributed by atoms with Gasteiger partial charge in [-0.2, -0.15) is 17.0 Å². The van der Waals surface area contributed by atoms with Crippen molar-refractivity contribution in [3.63, 3.8) is 0 Å². The molecule has 1 rings (SSSR count). The summed E-state index contributed by atoms with van der Waals surface area (Å²) >= 11 is 0. The molecule has 2 atom stereocenters. The maximum atomic E-state index is 12.2. The molecular formula is C12H26N2O3S. The molecule has 1 fully saturated rings. The monoisotopic (exact) mass is 278 g/mol. The van der Waals surface area contributed by atoms with Gasteiger partial charge in [0, 0.05) is 27.2 Å². The number of aliphatic hydroxyl groups is 1. The van der Waals surface area contributed by atoms with Gasteiger partial charge in [-0.15, -0.1) is 0 Å². The minimum absolute atomic E-state index is 0.0774. The molecule has 18 heavy (non-hydrogen) atoms. The highest BCUT2D eigenvalue weighted by Crippen LogP contribution is 2.25. The first kappa shape index (κ1) is 15.9. The molecule has 0 amide bonds. The number of hydrogen-bond acceptors (Lipinski definition) is 3. The molecular weight excluding hydrogens is 252 g/mol. The largest absolute Gasteiger partial charge is 0.393 e. The molecule has 1 N–H and O–H groups in total. The Balaban J connectivity index is 2.60. The Labute approximate surface area is 111 Å². The van der Waals surface area contributed by atoms with E-state index < -0.39 is 10.2 Å². The lowest BCUT2D eigenvalue weighted by molar-refractivity contribution is 0.0614. The van der Waals surface area contributed by atoms with E-state index in [1.807, 2.05) is 6.92 Å². The predicted octanol–water partition coefficient (Wildman–Crippen LogP) is 1.06. The first-order valence-electron chi connectivity index (χ1n) is 6.75. The van der Waals surface area contributed by atoms with E-state index in [2.05, 4.69) is 0 Å². The van der Waals surface area contributed by atoms with Crippen LogP contribution in [0.4, 0.5) is 0 Å². The average Bonchev–Trinajstić information content (AvgIpc) is 2.32. The number of rotatable bonds is 6. The molecule has 1 aliphatic rings. The van der Waals surface area contributed by atoms with Crippen LogP contribution in [0.15, 0.2) is 0 Å². The number of nitrogens with zero attached hydrogens (tertiary/aromatic N) is 2. The van der Waals surface area contributed by atoms with Crippen molar-refractivity contribution in [1.82, 2.24) is 8.61 Å². The van der Waals surface area contributed by atoms with Crippen LogP contribution in [0.5, 0.6) is 0 Å². The first-order valence-corrected chi connectivity index (χ1v) is 8.15. The van der Waals surface area contributed by atoms with Crippen LogP contribution in [0.25, 0.3) is 0 Å². The Morgan fingerprint density at radius 1 is 1.17 bits per heavy atom. The number of hydrogen-bond donors (Lipinski definition) is 1. The minimum Gasteiger partial charge on any atom is -0.393 e. The highest BCUT2D eigenvalue weighted by Gasteiger charge is 2.29. The molecule has 1 aliphatic carbocycles. The maximum absolute atomic E-state index is 12.2. The highest BCUT2D eigenvalue weighted by atomic mass is 32.2. The smallest absolute Gasteiger partial charge is 0.281 e. The van der Waals surface area contributed by atoms with Gasteiger partial charge in [0.25, 0.3) is 10.2 Å². The topological polar surface area (TPSA) is 60.9 Å². The van der Waals surface area contributed by atoms with Gasteiger partial charge in [0.15, 0.2) is 0 Å². The van der Waals surface area contributed by atoms with Crippen molar-refractivity contribution in [3.8, 4) is 0 Å². The average molecular weight is 278 g/mol. The fourth-order valence-corrected chi connectivity index (χ4v) is 3.76. The van der Waals surface area contributed by atoms with E-state index in [0.717, 1.165) is 32.1 Å². The summed E-state index contributed by atoms with van der Waals surface area (Å²) in [4.78, 5) is 0. The third kappa shape index (κ3) is 3.91. The molecule has 0 aromatic carbocycles. The van der Waals surface area contributed by atoms with E-state index in [4.69, 9.17) is 0 Å². The van der Waals surface area contributed by atoms with Crippen molar-refractivity contribution in [2.45, 2.75) is 45.1 Å². The summed E-state index contributed by atoms with van der Waals surface area (Å²) in [6.07, 6.45) is 4.29. The third-order valence-electron chi connectivity index (χ3n) is 3.69. The van der Waals surface area contributed by atoms with Crippen LogP contribution in [0.1, 0.15) is 39.0 Å². The summed E-state index contributed by atoms with van der Waals surface area (Å²) in [6, 6.07) is 0. The summed E-state index contributed by atoms with van der Waals surface area (Å²) in [5.74, 6) is 0.0774. The van der Waals surface area contributed by atoms with Crippen molar-refractivity contribution < 1.29 is 13.5 Å². The SMILES string of the molecule is CCCN(C)S(=O)(=O)N(C)CC1CCCCC1O. The third-order valence-corrected chi connectivity index (χ3v) is 5.59. The Morgan fingerprint density at radius 2 is 1.78 bits per heavy atom. The zero-order valence-corrected chi connectivity index (χ0v) is 12.5. The van der Waals surface area contributed by atoms with Gasteiger partial charge in [-0.3, -0.25) is 0 Å². The van der Waals surface area contributed by atoms with Crippen molar-refractivity contribution in [2.75, 3.05) is 27.2 Å². The van der Waals surface area contributed by atoms with Crippen molar-refractivity contribution in [2.24, 2.45) is 5.92 Å². The Morgan fingerprint density at radius 3 is 2.33 bits per heavy atom. The van der Waals surface area contributed by atoms with Crippen LogP contribution >= 0.6 is 0 Å². The molecule has 2 unspecified atom stereocenters. The van der Waals surface area contributed by atoms with Gasteiger partial charge < -0.3 is 5.11 Å². The molecule has 6 heteroatoms. The first-order chi connectivity index (χ1) is 8.39. The fourth-order valence-electron chi connectivity index (χ4n) is 2.49. The van der Waals surface area contributed by atoms with Gasteiger partial charge >= 0.3 is 0 Å². The second kappa shape index (κ2) is 6.84. The predicted molar refractivity (Wildman–Crippen MR) is 72.4 cm³/mol. The summed E-state index contributed by atoms with van der Waals surface area (Å²) in [5, 5.41) is 9.89. The zero-order valence-electron chi connectivity index (χ0n) is 11.7. The summed E-state index contributed by atoms with van der Waals surface area (Å²) in [7, 11) is -0.165. The van der Waals surface area contributed by atoms with Gasteiger partial charge in [-0.25, -0.2) is 0 Å². The van der Waals surface area contributed by atoms with Crippen molar-refractivity contribution in [1.29, 1.82) is 0 Å². The van der Waals surface area contributed by atoms with Gasteiger partial charge in [-0.05, 0) is 25.2 Å². The van der Waals surface area contributed by atoms with Crippen LogP contribution in [0, 0.1) is 5.92 Å². The molecule has 0 heterocycles. The van der Waals surface area contributed by atoms with E-state index >= 15 is 0 Å². The Kier molecular flexibility index (Phi) is 6.04. The van der Waals surface area contributed by atoms with E-state index in [9.17, 15) is 13.5 Å². The van der Waals surface area contributed by atoms with Crippen LogP contribution in [0.2, 0.25) is 0 Å². The zero-order chi connectivity index (χ0) is 13.8. The molecule has 0 spiro atoms. The molecule has 0 saturated heterocycles. The normalized spacial score (nSPS) is 25.9. The second-order valence-electron chi connectivity index (χ2n) is 5.22. The fraction of sp³-hybridized carbons (Fsp3) is 1.00. The van der Waals surface area contributed by atoms with Crippen molar-refractivity contribution >= 4 is 10.2 Å². The van der Waals surface area contributed by atoms with Crippen LogP contribution in [-0.2, 0) is 10.2 Å². The molecule has 0 bridgehead atoms. The van der Waals surface area contributed by atoms with Gasteiger partial charge in [-0.1, -0.05) is 19.8 Å². The second-order valence-corrected chi connectivity index (χ2v) is 7.36. The molecule has 0 aromatic heterocycles. The molecule has 0 aromatic rings. The van der Waals surface area contributed by atoms with E-state index in [1.165, 1.54) is 8.61 Å². The molecule has 108 valence electrons. The molecule has 0 radical (unpaired) electrons. The minimum atomic E-state index is -3.37. The Hall–Kier alpha value is -0.170. The van der Waals surface area contributed by atoms with E-state index in [0.29, 0.717) is 13.1 Å². The lowest BCUT2D eigenvalue weighted by Crippen LogP contribution is -2.44. The van der Waals surface area contributed by atoms with Crippen LogP contribution in [-0.4, -0.2) is 55.4 Å². The molecule has 1 saturated carbocycles. The van der Waals surface area contributed by atoms with Gasteiger partial charge in [0.1, 0.15) is 0 Å². The van der Waals surface area contributed by atoms with Gasteiger partial charge in [0.05, 0.1) is 6.10 Å². The quantitative estimate of drug-likeness (QED) is 0.790. The van der Waals surface area contributed by atoms with Crippen LogP contribution in [0.3, 0.4) is 0 Å². The lowest BCUT2D eigenvalue weighted by atomic mass is 9.86. The standard InChI is InChI=1S/C12H26N2O3S/c1-4-9-13(2)18(16,17)14(3)10-11-7-5-6-8-12(11)15/h11-12,15H,4-10H2,1-3H3. The molecule has 0 aliphatic heterocycles. The van der Waals surface area contributed by atoms with Gasteiger partial charge in [0.2, 0.25) is 0 Å².